The van der Waals surface area contributed by atoms with E-state index in [1.165, 1.54) is 276 Å². The Hall–Kier alpha value is -2.11. The van der Waals surface area contributed by atoms with Crippen LogP contribution < -0.4 is 0 Å². The number of unbranched alkanes of at least 4 members (excludes halogenated alkanes) is 50. The van der Waals surface area contributed by atoms with Gasteiger partial charge in [0.2, 0.25) is 0 Å². The van der Waals surface area contributed by atoms with Crippen LogP contribution in [0, 0.1) is 0 Å². The molecule has 0 spiro atoms. The summed E-state index contributed by atoms with van der Waals surface area (Å²) >= 11 is 0. The first-order valence-electron chi connectivity index (χ1n) is 34.8. The van der Waals surface area contributed by atoms with Crippen molar-refractivity contribution in [1.29, 1.82) is 0 Å². The van der Waals surface area contributed by atoms with E-state index in [1.807, 2.05) is 0 Å². The highest BCUT2D eigenvalue weighted by molar-refractivity contribution is 5.71. The first-order valence-corrected chi connectivity index (χ1v) is 34.8. The minimum absolute atomic E-state index is 0.0711. The Bertz CT molecular complexity index is 1240. The lowest BCUT2D eigenvalue weighted by Gasteiger charge is -2.18. The minimum atomic E-state index is -0.775. The Morgan fingerprint density at radius 2 is 0.481 bits per heavy atom. The van der Waals surface area contributed by atoms with Crippen molar-refractivity contribution in [2.24, 2.45) is 0 Å². The van der Waals surface area contributed by atoms with Gasteiger partial charge in [-0.2, -0.15) is 0 Å². The number of rotatable bonds is 65. The van der Waals surface area contributed by atoms with Crippen LogP contribution >= 0.6 is 0 Å². The van der Waals surface area contributed by atoms with E-state index in [4.69, 9.17) is 14.2 Å². The molecule has 0 rings (SSSR count). The zero-order valence-corrected chi connectivity index (χ0v) is 52.3. The molecule has 0 bridgehead atoms. The lowest BCUT2D eigenvalue weighted by atomic mass is 10.0. The maximum absolute atomic E-state index is 12.9. The molecule has 0 radical (unpaired) electrons. The molecule has 0 aromatic heterocycles. The average molecular weight is 1080 g/mol. The van der Waals surface area contributed by atoms with Crippen molar-refractivity contribution < 1.29 is 28.6 Å². The van der Waals surface area contributed by atoms with Crippen molar-refractivity contribution in [3.05, 3.63) is 24.3 Å². The van der Waals surface area contributed by atoms with Crippen LogP contribution in [0.1, 0.15) is 393 Å². The molecule has 77 heavy (non-hydrogen) atoms. The van der Waals surface area contributed by atoms with Gasteiger partial charge >= 0.3 is 17.9 Å². The van der Waals surface area contributed by atoms with Crippen LogP contribution in [0.25, 0.3) is 0 Å². The quantitative estimate of drug-likeness (QED) is 0.0261. The molecule has 0 aliphatic heterocycles. The fourth-order valence-electron chi connectivity index (χ4n) is 10.7. The second kappa shape index (κ2) is 66.4. The topological polar surface area (TPSA) is 78.9 Å². The highest BCUT2D eigenvalue weighted by atomic mass is 16.6. The van der Waals surface area contributed by atoms with E-state index in [1.54, 1.807) is 0 Å². The van der Waals surface area contributed by atoms with Crippen molar-refractivity contribution in [3.63, 3.8) is 0 Å². The zero-order valence-electron chi connectivity index (χ0n) is 52.3. The third-order valence-electron chi connectivity index (χ3n) is 16.0. The number of carbonyl (C=O) groups is 3. The van der Waals surface area contributed by atoms with E-state index >= 15 is 0 Å². The first kappa shape index (κ1) is 74.9. The van der Waals surface area contributed by atoms with Crippen LogP contribution in [-0.4, -0.2) is 37.2 Å². The summed E-state index contributed by atoms with van der Waals surface area (Å²) in [4.78, 5) is 38.3. The van der Waals surface area contributed by atoms with E-state index in [9.17, 15) is 14.4 Å². The number of allylic oxidation sites excluding steroid dienone is 4. The summed E-state index contributed by atoms with van der Waals surface area (Å²) in [6.45, 7) is 6.66. The van der Waals surface area contributed by atoms with Gasteiger partial charge in [0, 0.05) is 19.3 Å². The molecular formula is C71H134O6. The molecule has 0 aromatic rings. The van der Waals surface area contributed by atoms with Crippen LogP contribution in [0.3, 0.4) is 0 Å². The van der Waals surface area contributed by atoms with Gasteiger partial charge in [-0.15, -0.1) is 0 Å². The first-order chi connectivity index (χ1) is 38.0. The van der Waals surface area contributed by atoms with Crippen molar-refractivity contribution in [2.75, 3.05) is 13.2 Å². The van der Waals surface area contributed by atoms with E-state index in [2.05, 4.69) is 45.1 Å². The second-order valence-electron chi connectivity index (χ2n) is 23.8. The van der Waals surface area contributed by atoms with Gasteiger partial charge in [-0.25, -0.2) is 0 Å². The fourth-order valence-corrected chi connectivity index (χ4v) is 10.7. The van der Waals surface area contributed by atoms with Crippen molar-refractivity contribution >= 4 is 17.9 Å². The Kier molecular flexibility index (Phi) is 64.6. The molecule has 0 heterocycles. The van der Waals surface area contributed by atoms with Gasteiger partial charge in [0.15, 0.2) is 6.10 Å². The maximum atomic E-state index is 12.9. The zero-order chi connectivity index (χ0) is 55.7. The summed E-state index contributed by atoms with van der Waals surface area (Å²) in [6.07, 6.45) is 80.8. The third-order valence-corrected chi connectivity index (χ3v) is 16.0. The van der Waals surface area contributed by atoms with Gasteiger partial charge in [-0.1, -0.05) is 353 Å². The summed E-state index contributed by atoms with van der Waals surface area (Å²) < 4.78 is 16.9. The fraction of sp³-hybridized carbons (Fsp3) is 0.901. The number of esters is 3. The van der Waals surface area contributed by atoms with Crippen molar-refractivity contribution in [1.82, 2.24) is 0 Å². The van der Waals surface area contributed by atoms with Gasteiger partial charge in [0.05, 0.1) is 0 Å². The molecule has 6 nitrogen and oxygen atoms in total. The molecule has 0 amide bonds. The van der Waals surface area contributed by atoms with E-state index < -0.39 is 6.10 Å². The maximum Gasteiger partial charge on any atom is 0.306 e. The lowest BCUT2D eigenvalue weighted by molar-refractivity contribution is -0.167. The van der Waals surface area contributed by atoms with E-state index in [0.29, 0.717) is 19.3 Å². The van der Waals surface area contributed by atoms with Gasteiger partial charge in [-0.3, -0.25) is 14.4 Å². The van der Waals surface area contributed by atoms with E-state index in [-0.39, 0.29) is 31.1 Å². The predicted molar refractivity (Wildman–Crippen MR) is 335 cm³/mol. The molecule has 1 atom stereocenters. The second-order valence-corrected chi connectivity index (χ2v) is 23.8. The molecule has 1 unspecified atom stereocenters. The van der Waals surface area contributed by atoms with Gasteiger partial charge in [0.1, 0.15) is 13.2 Å². The normalized spacial score (nSPS) is 12.1. The molecule has 6 heteroatoms. The third kappa shape index (κ3) is 64.6. The standard InChI is InChI=1S/C71H134O6/c1-4-7-10-13-16-19-22-25-28-29-30-31-32-33-34-35-36-37-38-39-40-41-42-43-44-47-49-52-55-58-61-64-70(73)76-67-68(77-71(74)65-62-59-56-53-50-46-27-24-21-18-15-12-9-6-3)66-75-69(72)63-60-57-54-51-48-45-26-23-20-17-14-11-8-5-2/h15,18,24,27,68H,4-14,16-17,19-23,25-26,28-67H2,1-3H3/b18-15-,27-24-. The van der Waals surface area contributed by atoms with E-state index in [0.717, 1.165) is 77.0 Å². The van der Waals surface area contributed by atoms with Crippen LogP contribution in [0.15, 0.2) is 24.3 Å². The van der Waals surface area contributed by atoms with Crippen LogP contribution in [-0.2, 0) is 28.6 Å². The predicted octanol–water partition coefficient (Wildman–Crippen LogP) is 23.8. The van der Waals surface area contributed by atoms with Crippen LogP contribution in [0.4, 0.5) is 0 Å². The summed E-state index contributed by atoms with van der Waals surface area (Å²) in [5.41, 5.74) is 0. The molecule has 0 fully saturated rings. The molecule has 0 aromatic carbocycles. The number of ether oxygens (including phenoxy) is 3. The van der Waals surface area contributed by atoms with Crippen molar-refractivity contribution in [2.45, 2.75) is 399 Å². The molecular weight excluding hydrogens is 949 g/mol. The molecule has 454 valence electrons. The van der Waals surface area contributed by atoms with Gasteiger partial charge in [0.25, 0.3) is 0 Å². The summed E-state index contributed by atoms with van der Waals surface area (Å²) in [6, 6.07) is 0. The average Bonchev–Trinajstić information content (AvgIpc) is 3.43. The van der Waals surface area contributed by atoms with Gasteiger partial charge in [-0.05, 0) is 44.9 Å². The van der Waals surface area contributed by atoms with Crippen LogP contribution in [0.2, 0.25) is 0 Å². The number of hydrogen-bond donors (Lipinski definition) is 0. The smallest absolute Gasteiger partial charge is 0.306 e. The summed E-state index contributed by atoms with van der Waals surface area (Å²) in [5.74, 6) is -0.857. The Morgan fingerprint density at radius 1 is 0.260 bits per heavy atom. The highest BCUT2D eigenvalue weighted by Gasteiger charge is 2.19. The Balaban J connectivity index is 4.09. The highest BCUT2D eigenvalue weighted by Crippen LogP contribution is 2.19. The largest absolute Gasteiger partial charge is 0.462 e. The molecule has 0 aliphatic rings. The Labute approximate surface area is 481 Å². The summed E-state index contributed by atoms with van der Waals surface area (Å²) in [7, 11) is 0. The number of hydrogen-bond acceptors (Lipinski definition) is 6. The van der Waals surface area contributed by atoms with Crippen molar-refractivity contribution in [3.8, 4) is 0 Å². The van der Waals surface area contributed by atoms with Gasteiger partial charge < -0.3 is 14.2 Å². The minimum Gasteiger partial charge on any atom is -0.462 e. The lowest BCUT2D eigenvalue weighted by Crippen LogP contribution is -2.30. The molecule has 0 N–H and O–H groups in total. The molecule has 0 aliphatic carbocycles. The number of carbonyl (C=O) groups excluding carboxylic acids is 3. The Morgan fingerprint density at radius 3 is 0.753 bits per heavy atom. The monoisotopic (exact) mass is 1080 g/mol. The molecule has 0 saturated carbocycles. The SMILES string of the molecule is CCCC/C=C\C/C=C\CCCCCCCC(=O)OC(COC(=O)CCCCCCCCCCCCCCCC)COC(=O)CCCCCCCCCCCCCCCCCCCCCCCCCCCCCCCCC. The summed E-state index contributed by atoms with van der Waals surface area (Å²) in [5, 5.41) is 0. The van der Waals surface area contributed by atoms with Crippen LogP contribution in [0.5, 0.6) is 0 Å². The molecule has 0 saturated heterocycles.